The molecule has 7 nitrogen and oxygen atoms in total. The summed E-state index contributed by atoms with van der Waals surface area (Å²) in [6.07, 6.45) is -1.02. The van der Waals surface area contributed by atoms with E-state index in [1.54, 1.807) is 33.1 Å². The van der Waals surface area contributed by atoms with E-state index in [0.717, 1.165) is 11.1 Å². The standard InChI is InChI=1S/C27H35ClN2O5/c1-16(2)35-26(33)30-23(17-10-8-7-9-11-17)22(21(27(3,4)5)24(30)25(31)32)29-15-18-14-19(28)12-13-20(18)34-6/h7-14,16,21-24,29H,15H2,1-6H3,(H,31,32)/t21-,22-,23-,24-/m1/s1. The molecule has 1 aliphatic heterocycles. The molecular weight excluding hydrogens is 468 g/mol. The van der Waals surface area contributed by atoms with Gasteiger partial charge in [-0.25, -0.2) is 9.59 Å². The van der Waals surface area contributed by atoms with E-state index < -0.39 is 35.5 Å². The van der Waals surface area contributed by atoms with Gasteiger partial charge in [-0.2, -0.15) is 0 Å². The lowest BCUT2D eigenvalue weighted by Crippen LogP contribution is -2.48. The van der Waals surface area contributed by atoms with Gasteiger partial charge in [0.15, 0.2) is 0 Å². The summed E-state index contributed by atoms with van der Waals surface area (Å²) in [6, 6.07) is 12.9. The number of carboxylic acids is 1. The van der Waals surface area contributed by atoms with Gasteiger partial charge in [0.25, 0.3) is 0 Å². The SMILES string of the molecule is COc1ccc(Cl)cc1CN[C@@H]1[C@@H](C(C)(C)C)[C@H](C(=O)O)N(C(=O)OC(C)C)[C@@H]1c1ccccc1. The Labute approximate surface area is 212 Å². The number of likely N-dealkylation sites (tertiary alicyclic amines) is 1. The smallest absolute Gasteiger partial charge is 0.411 e. The Morgan fingerprint density at radius 3 is 2.34 bits per heavy atom. The molecule has 0 aromatic heterocycles. The van der Waals surface area contributed by atoms with Gasteiger partial charge in [-0.1, -0.05) is 62.7 Å². The lowest BCUT2D eigenvalue weighted by atomic mass is 9.72. The minimum atomic E-state index is -1.08. The number of amides is 1. The number of rotatable bonds is 7. The molecule has 0 aliphatic carbocycles. The molecule has 190 valence electrons. The highest BCUT2D eigenvalue weighted by atomic mass is 35.5. The van der Waals surface area contributed by atoms with Crippen LogP contribution in [0.5, 0.6) is 5.75 Å². The highest BCUT2D eigenvalue weighted by molar-refractivity contribution is 6.30. The van der Waals surface area contributed by atoms with Crippen molar-refractivity contribution in [3.05, 3.63) is 64.7 Å². The van der Waals surface area contributed by atoms with Crippen LogP contribution in [-0.4, -0.2) is 47.4 Å². The Morgan fingerprint density at radius 1 is 1.14 bits per heavy atom. The Kier molecular flexibility index (Phi) is 8.34. The second-order valence-corrected chi connectivity index (χ2v) is 10.7. The summed E-state index contributed by atoms with van der Waals surface area (Å²) in [6.45, 7) is 9.89. The van der Waals surface area contributed by atoms with Gasteiger partial charge in [0.1, 0.15) is 11.8 Å². The van der Waals surface area contributed by atoms with Crippen molar-refractivity contribution in [3.8, 4) is 5.75 Å². The second kappa shape index (κ2) is 10.9. The number of ether oxygens (including phenoxy) is 2. The summed E-state index contributed by atoms with van der Waals surface area (Å²) in [5.74, 6) is -0.805. The molecule has 2 N–H and O–H groups in total. The third-order valence-electron chi connectivity index (χ3n) is 6.38. The predicted molar refractivity (Wildman–Crippen MR) is 136 cm³/mol. The number of aliphatic carboxylic acids is 1. The molecule has 1 heterocycles. The van der Waals surface area contributed by atoms with Crippen LogP contribution in [0.15, 0.2) is 48.5 Å². The summed E-state index contributed by atoms with van der Waals surface area (Å²) in [5, 5.41) is 14.5. The van der Waals surface area contributed by atoms with E-state index in [4.69, 9.17) is 21.1 Å². The number of nitrogens with zero attached hydrogens (tertiary/aromatic N) is 1. The van der Waals surface area contributed by atoms with Crippen LogP contribution in [-0.2, 0) is 16.1 Å². The molecule has 0 saturated carbocycles. The lowest BCUT2D eigenvalue weighted by molar-refractivity contribution is -0.144. The largest absolute Gasteiger partial charge is 0.496 e. The minimum Gasteiger partial charge on any atom is -0.496 e. The number of carbonyl (C=O) groups is 2. The molecule has 4 atom stereocenters. The monoisotopic (exact) mass is 502 g/mol. The van der Waals surface area contributed by atoms with Crippen molar-refractivity contribution in [2.24, 2.45) is 11.3 Å². The quantitative estimate of drug-likeness (QED) is 0.518. The molecule has 2 aromatic rings. The van der Waals surface area contributed by atoms with Crippen molar-refractivity contribution in [2.45, 2.75) is 65.4 Å². The number of nitrogens with one attached hydrogen (secondary N) is 1. The first kappa shape index (κ1) is 26.8. The first-order valence-corrected chi connectivity index (χ1v) is 12.2. The maximum absolute atomic E-state index is 13.4. The molecule has 1 aliphatic rings. The molecule has 0 radical (unpaired) electrons. The fraction of sp³-hybridized carbons (Fsp3) is 0.481. The molecule has 3 rings (SSSR count). The van der Waals surface area contributed by atoms with Gasteiger partial charge in [0, 0.05) is 29.1 Å². The number of carbonyl (C=O) groups excluding carboxylic acids is 1. The second-order valence-electron chi connectivity index (χ2n) is 10.2. The summed E-state index contributed by atoms with van der Waals surface area (Å²) in [7, 11) is 1.59. The summed E-state index contributed by atoms with van der Waals surface area (Å²) < 4.78 is 11.1. The summed E-state index contributed by atoms with van der Waals surface area (Å²) in [4.78, 5) is 27.5. The average molecular weight is 503 g/mol. The first-order chi connectivity index (χ1) is 16.5. The van der Waals surface area contributed by atoms with Crippen LogP contribution >= 0.6 is 11.6 Å². The molecule has 0 bridgehead atoms. The van der Waals surface area contributed by atoms with Crippen molar-refractivity contribution >= 4 is 23.7 Å². The topological polar surface area (TPSA) is 88.1 Å². The first-order valence-electron chi connectivity index (χ1n) is 11.8. The molecule has 8 heteroatoms. The van der Waals surface area contributed by atoms with E-state index in [-0.39, 0.29) is 12.1 Å². The number of halogens is 1. The molecule has 1 fully saturated rings. The van der Waals surface area contributed by atoms with E-state index >= 15 is 0 Å². The number of hydrogen-bond donors (Lipinski definition) is 2. The van der Waals surface area contributed by atoms with Gasteiger partial charge < -0.3 is 19.9 Å². The lowest BCUT2D eigenvalue weighted by Gasteiger charge is -2.35. The zero-order chi connectivity index (χ0) is 25.9. The van der Waals surface area contributed by atoms with Crippen molar-refractivity contribution < 1.29 is 24.2 Å². The molecule has 1 amide bonds. The minimum absolute atomic E-state index is 0.379. The zero-order valence-electron chi connectivity index (χ0n) is 21.1. The molecule has 0 unspecified atom stereocenters. The Bertz CT molecular complexity index is 1040. The van der Waals surface area contributed by atoms with E-state index in [9.17, 15) is 14.7 Å². The molecular formula is C27H35ClN2O5. The highest BCUT2D eigenvalue weighted by Crippen LogP contribution is 2.48. The van der Waals surface area contributed by atoms with Gasteiger partial charge in [-0.15, -0.1) is 0 Å². The Hall–Kier alpha value is -2.77. The Balaban J connectivity index is 2.13. The third-order valence-corrected chi connectivity index (χ3v) is 6.61. The van der Waals surface area contributed by atoms with Gasteiger partial charge in [0.05, 0.1) is 19.3 Å². The van der Waals surface area contributed by atoms with Crippen LogP contribution in [0.3, 0.4) is 0 Å². The van der Waals surface area contributed by atoms with Crippen LogP contribution in [0.25, 0.3) is 0 Å². The number of benzene rings is 2. The van der Waals surface area contributed by atoms with Crippen LogP contribution in [0.2, 0.25) is 5.02 Å². The van der Waals surface area contributed by atoms with Gasteiger partial charge in [-0.05, 0) is 43.0 Å². The van der Waals surface area contributed by atoms with E-state index in [1.807, 2.05) is 57.2 Å². The van der Waals surface area contributed by atoms with Gasteiger partial charge >= 0.3 is 12.1 Å². The van der Waals surface area contributed by atoms with Crippen molar-refractivity contribution in [1.82, 2.24) is 10.2 Å². The van der Waals surface area contributed by atoms with Crippen LogP contribution in [0.4, 0.5) is 4.79 Å². The van der Waals surface area contributed by atoms with Crippen molar-refractivity contribution in [3.63, 3.8) is 0 Å². The molecule has 35 heavy (non-hydrogen) atoms. The normalized spacial score (nSPS) is 22.3. The van der Waals surface area contributed by atoms with Gasteiger partial charge in [-0.3, -0.25) is 4.90 Å². The van der Waals surface area contributed by atoms with Gasteiger partial charge in [0.2, 0.25) is 0 Å². The fourth-order valence-electron chi connectivity index (χ4n) is 5.06. The zero-order valence-corrected chi connectivity index (χ0v) is 21.9. The van der Waals surface area contributed by atoms with E-state index in [0.29, 0.717) is 17.3 Å². The number of hydrogen-bond acceptors (Lipinski definition) is 5. The van der Waals surface area contributed by atoms with Crippen LogP contribution < -0.4 is 10.1 Å². The highest BCUT2D eigenvalue weighted by Gasteiger charge is 2.58. The molecule has 2 aromatic carbocycles. The fourth-order valence-corrected chi connectivity index (χ4v) is 5.25. The third kappa shape index (κ3) is 5.90. The van der Waals surface area contributed by atoms with E-state index in [2.05, 4.69) is 5.32 Å². The molecule has 0 spiro atoms. The summed E-state index contributed by atoms with van der Waals surface area (Å²) >= 11 is 6.24. The van der Waals surface area contributed by atoms with Crippen LogP contribution in [0, 0.1) is 11.3 Å². The van der Waals surface area contributed by atoms with E-state index in [1.165, 1.54) is 4.90 Å². The Morgan fingerprint density at radius 2 is 1.80 bits per heavy atom. The molecule has 1 saturated heterocycles. The summed E-state index contributed by atoms with van der Waals surface area (Å²) in [5.41, 5.74) is 1.23. The predicted octanol–water partition coefficient (Wildman–Crippen LogP) is 5.52. The maximum Gasteiger partial charge on any atom is 0.411 e. The van der Waals surface area contributed by atoms with Crippen molar-refractivity contribution in [1.29, 1.82) is 0 Å². The van der Waals surface area contributed by atoms with Crippen LogP contribution in [0.1, 0.15) is 51.8 Å². The number of carboxylic acid groups (broad SMARTS) is 1. The van der Waals surface area contributed by atoms with Crippen molar-refractivity contribution in [2.75, 3.05) is 7.11 Å². The maximum atomic E-state index is 13.4. The average Bonchev–Trinajstić information content (AvgIpc) is 3.14. The number of methoxy groups -OCH3 is 1.